The molecule has 0 unspecified atom stereocenters. The first-order chi connectivity index (χ1) is 10.2. The van der Waals surface area contributed by atoms with E-state index in [4.69, 9.17) is 5.73 Å². The van der Waals surface area contributed by atoms with Crippen LogP contribution < -0.4 is 10.6 Å². The largest absolute Gasteiger partial charge is 0.368 e. The number of hydrogen-bond acceptors (Lipinski definition) is 6. The van der Waals surface area contributed by atoms with E-state index in [1.807, 2.05) is 12.4 Å². The lowest BCUT2D eigenvalue weighted by Gasteiger charge is -2.29. The Morgan fingerprint density at radius 2 is 2.24 bits per heavy atom. The third kappa shape index (κ3) is 2.04. The maximum absolute atomic E-state index is 5.89. The molecule has 1 aliphatic heterocycles. The molecule has 0 fully saturated rings. The van der Waals surface area contributed by atoms with E-state index in [2.05, 4.69) is 37.4 Å². The Hall–Kier alpha value is -2.15. The van der Waals surface area contributed by atoms with Gasteiger partial charge < -0.3 is 15.2 Å². The molecule has 21 heavy (non-hydrogen) atoms. The molecule has 4 rings (SSSR count). The topological polar surface area (TPSA) is 72.9 Å². The fourth-order valence-electron chi connectivity index (χ4n) is 2.74. The van der Waals surface area contributed by atoms with Gasteiger partial charge in [0.15, 0.2) is 0 Å². The van der Waals surface area contributed by atoms with Crippen LogP contribution >= 0.6 is 11.3 Å². The molecule has 6 nitrogen and oxygen atoms in total. The third-order valence-electron chi connectivity index (χ3n) is 3.83. The van der Waals surface area contributed by atoms with E-state index in [9.17, 15) is 0 Å². The minimum atomic E-state index is 0.343. The van der Waals surface area contributed by atoms with Gasteiger partial charge in [-0.3, -0.25) is 0 Å². The molecule has 0 aliphatic carbocycles. The van der Waals surface area contributed by atoms with Crippen molar-refractivity contribution in [2.45, 2.75) is 26.4 Å². The standard InChI is InChI=1S/C14H16N6S/c1-2-9-7-10-12(17-14(15)18-13(10)21-9)20-6-5-19-4-3-16-11(19)8-20/h3-4,7H,2,5-6,8H2,1H3,(H2,15,17,18). The van der Waals surface area contributed by atoms with E-state index in [1.165, 1.54) is 4.88 Å². The summed E-state index contributed by atoms with van der Waals surface area (Å²) in [7, 11) is 0. The van der Waals surface area contributed by atoms with Gasteiger partial charge in [-0.25, -0.2) is 9.97 Å². The zero-order chi connectivity index (χ0) is 14.4. The summed E-state index contributed by atoms with van der Waals surface area (Å²) in [5.74, 6) is 2.34. The quantitative estimate of drug-likeness (QED) is 0.784. The van der Waals surface area contributed by atoms with Gasteiger partial charge in [-0.15, -0.1) is 11.3 Å². The van der Waals surface area contributed by atoms with E-state index in [0.717, 1.165) is 47.9 Å². The second-order valence-corrected chi connectivity index (χ2v) is 6.26. The highest BCUT2D eigenvalue weighted by Gasteiger charge is 2.21. The number of rotatable bonds is 2. The highest BCUT2D eigenvalue weighted by Crippen LogP contribution is 2.33. The van der Waals surface area contributed by atoms with Crippen molar-refractivity contribution in [3.05, 3.63) is 29.2 Å². The fraction of sp³-hybridized carbons (Fsp3) is 0.357. The number of nitrogens with zero attached hydrogens (tertiary/aromatic N) is 5. The van der Waals surface area contributed by atoms with Crippen LogP contribution in [0, 0.1) is 0 Å². The number of hydrogen-bond donors (Lipinski definition) is 1. The van der Waals surface area contributed by atoms with Gasteiger partial charge in [-0.1, -0.05) is 6.92 Å². The van der Waals surface area contributed by atoms with Crippen LogP contribution in [-0.2, 0) is 19.5 Å². The van der Waals surface area contributed by atoms with Crippen molar-refractivity contribution in [2.24, 2.45) is 0 Å². The van der Waals surface area contributed by atoms with E-state index in [0.29, 0.717) is 5.95 Å². The van der Waals surface area contributed by atoms with Gasteiger partial charge in [0.05, 0.1) is 11.9 Å². The predicted molar refractivity (Wildman–Crippen MR) is 84.5 cm³/mol. The molecule has 4 heterocycles. The number of fused-ring (bicyclic) bond motifs is 2. The van der Waals surface area contributed by atoms with Gasteiger partial charge in [0.2, 0.25) is 5.95 Å². The smallest absolute Gasteiger partial charge is 0.223 e. The number of thiophene rings is 1. The highest BCUT2D eigenvalue weighted by atomic mass is 32.1. The summed E-state index contributed by atoms with van der Waals surface area (Å²) in [5, 5.41) is 1.10. The summed E-state index contributed by atoms with van der Waals surface area (Å²) in [5.41, 5.74) is 5.89. The molecule has 0 atom stereocenters. The normalized spacial score (nSPS) is 14.6. The van der Waals surface area contributed by atoms with Crippen LogP contribution in [0.15, 0.2) is 18.5 Å². The zero-order valence-electron chi connectivity index (χ0n) is 11.8. The summed E-state index contributed by atoms with van der Waals surface area (Å²) >= 11 is 1.70. The van der Waals surface area contributed by atoms with Gasteiger partial charge in [0.1, 0.15) is 16.5 Å². The van der Waals surface area contributed by atoms with Crippen LogP contribution in [0.25, 0.3) is 10.2 Å². The van der Waals surface area contributed by atoms with Crippen molar-refractivity contribution in [2.75, 3.05) is 17.2 Å². The van der Waals surface area contributed by atoms with Crippen molar-refractivity contribution in [3.63, 3.8) is 0 Å². The number of aromatic nitrogens is 4. The van der Waals surface area contributed by atoms with E-state index in [1.54, 1.807) is 11.3 Å². The summed E-state index contributed by atoms with van der Waals surface area (Å²) in [6.45, 7) is 4.74. The SMILES string of the molecule is CCc1cc2c(N3CCn4ccnc4C3)nc(N)nc2s1. The first-order valence-electron chi connectivity index (χ1n) is 7.05. The molecule has 0 aromatic carbocycles. The molecule has 0 spiro atoms. The lowest BCUT2D eigenvalue weighted by Crippen LogP contribution is -2.34. The lowest BCUT2D eigenvalue weighted by molar-refractivity contribution is 0.557. The van der Waals surface area contributed by atoms with Gasteiger partial charge in [0, 0.05) is 30.4 Å². The van der Waals surface area contributed by atoms with Gasteiger partial charge in [-0.05, 0) is 12.5 Å². The van der Waals surface area contributed by atoms with Gasteiger partial charge in [0.25, 0.3) is 0 Å². The number of nitrogen functional groups attached to an aromatic ring is 1. The Kier molecular flexibility index (Phi) is 2.81. The second-order valence-electron chi connectivity index (χ2n) is 5.15. The third-order valence-corrected chi connectivity index (χ3v) is 5.01. The minimum absolute atomic E-state index is 0.343. The maximum Gasteiger partial charge on any atom is 0.223 e. The molecule has 0 saturated heterocycles. The number of anilines is 2. The van der Waals surface area contributed by atoms with Gasteiger partial charge in [-0.2, -0.15) is 4.98 Å². The molecule has 0 amide bonds. The molecule has 2 N–H and O–H groups in total. The predicted octanol–water partition coefficient (Wildman–Crippen LogP) is 2.05. The van der Waals surface area contributed by atoms with Crippen molar-refractivity contribution in [1.82, 2.24) is 19.5 Å². The van der Waals surface area contributed by atoms with Crippen LogP contribution in [0.2, 0.25) is 0 Å². The zero-order valence-corrected chi connectivity index (χ0v) is 12.6. The maximum atomic E-state index is 5.89. The van der Waals surface area contributed by atoms with Crippen LogP contribution in [0.3, 0.4) is 0 Å². The Morgan fingerprint density at radius 3 is 3.10 bits per heavy atom. The summed E-state index contributed by atoms with van der Waals surface area (Å²) in [6, 6.07) is 2.19. The van der Waals surface area contributed by atoms with E-state index < -0.39 is 0 Å². The first-order valence-corrected chi connectivity index (χ1v) is 7.87. The molecule has 0 radical (unpaired) electrons. The van der Waals surface area contributed by atoms with Crippen LogP contribution in [-0.4, -0.2) is 26.1 Å². The number of imidazole rings is 1. The second kappa shape index (κ2) is 4.70. The lowest BCUT2D eigenvalue weighted by atomic mass is 10.2. The minimum Gasteiger partial charge on any atom is -0.368 e. The molecule has 3 aromatic heterocycles. The van der Waals surface area contributed by atoms with Crippen LogP contribution in [0.1, 0.15) is 17.6 Å². The van der Waals surface area contributed by atoms with E-state index >= 15 is 0 Å². The number of aryl methyl sites for hydroxylation is 1. The van der Waals surface area contributed by atoms with Crippen LogP contribution in [0.4, 0.5) is 11.8 Å². The summed E-state index contributed by atoms with van der Waals surface area (Å²) in [6.07, 6.45) is 4.88. The Balaban J connectivity index is 1.81. The highest BCUT2D eigenvalue weighted by molar-refractivity contribution is 7.18. The molecule has 1 aliphatic rings. The fourth-order valence-corrected chi connectivity index (χ4v) is 3.71. The summed E-state index contributed by atoms with van der Waals surface area (Å²) < 4.78 is 2.18. The molecular formula is C14H16N6S. The first kappa shape index (κ1) is 12.6. The molecule has 108 valence electrons. The monoisotopic (exact) mass is 300 g/mol. The molecule has 3 aromatic rings. The molecule has 7 heteroatoms. The average Bonchev–Trinajstić information content (AvgIpc) is 3.11. The van der Waals surface area contributed by atoms with Gasteiger partial charge >= 0.3 is 0 Å². The Bertz CT molecular complexity index is 805. The number of nitrogens with two attached hydrogens (primary N) is 1. The van der Waals surface area contributed by atoms with Crippen molar-refractivity contribution in [1.29, 1.82) is 0 Å². The van der Waals surface area contributed by atoms with Crippen molar-refractivity contribution < 1.29 is 0 Å². The molecule has 0 bridgehead atoms. The molecular weight excluding hydrogens is 284 g/mol. The Morgan fingerprint density at radius 1 is 1.33 bits per heavy atom. The van der Waals surface area contributed by atoms with Crippen molar-refractivity contribution >= 4 is 33.3 Å². The average molecular weight is 300 g/mol. The van der Waals surface area contributed by atoms with Crippen molar-refractivity contribution in [3.8, 4) is 0 Å². The molecule has 0 saturated carbocycles. The van der Waals surface area contributed by atoms with E-state index in [-0.39, 0.29) is 0 Å². The summed E-state index contributed by atoms with van der Waals surface area (Å²) in [4.78, 5) is 17.8. The van der Waals surface area contributed by atoms with Crippen LogP contribution in [0.5, 0.6) is 0 Å². The Labute approximate surface area is 126 Å².